The Morgan fingerprint density at radius 3 is 2.71 bits per heavy atom. The number of phenols is 1. The number of sulfone groups is 1. The van der Waals surface area contributed by atoms with Crippen molar-refractivity contribution in [3.05, 3.63) is 18.2 Å². The van der Waals surface area contributed by atoms with Gasteiger partial charge in [0.25, 0.3) is 0 Å². The number of anilines is 1. The van der Waals surface area contributed by atoms with Crippen molar-refractivity contribution in [2.45, 2.75) is 11.3 Å². The second kappa shape index (κ2) is 4.84. The van der Waals surface area contributed by atoms with Crippen LogP contribution in [0.4, 0.5) is 5.69 Å². The topological polar surface area (TPSA) is 107 Å². The minimum Gasteiger partial charge on any atom is -0.506 e. The van der Waals surface area contributed by atoms with Gasteiger partial charge in [-0.1, -0.05) is 0 Å². The SMILES string of the molecule is CS(=O)(=O)c1ccc(O)c(NC(=O)CC#N)c1. The highest BCUT2D eigenvalue weighted by molar-refractivity contribution is 7.90. The molecule has 1 aromatic carbocycles. The van der Waals surface area contributed by atoms with Crippen molar-refractivity contribution < 1.29 is 18.3 Å². The first-order valence-electron chi connectivity index (χ1n) is 4.54. The average molecular weight is 254 g/mol. The van der Waals surface area contributed by atoms with Crippen molar-refractivity contribution in [1.82, 2.24) is 0 Å². The van der Waals surface area contributed by atoms with Gasteiger partial charge in [0, 0.05) is 6.26 Å². The molecule has 0 radical (unpaired) electrons. The van der Waals surface area contributed by atoms with E-state index in [4.69, 9.17) is 5.26 Å². The van der Waals surface area contributed by atoms with Crippen LogP contribution in [0.25, 0.3) is 0 Å². The molecular weight excluding hydrogens is 244 g/mol. The largest absolute Gasteiger partial charge is 0.506 e. The van der Waals surface area contributed by atoms with Crippen molar-refractivity contribution in [3.8, 4) is 11.8 Å². The van der Waals surface area contributed by atoms with E-state index in [2.05, 4.69) is 5.32 Å². The van der Waals surface area contributed by atoms with Crippen LogP contribution < -0.4 is 5.32 Å². The standard InChI is InChI=1S/C10H10N2O4S/c1-17(15,16)7-2-3-9(13)8(6-7)12-10(14)4-5-11/h2-3,6,13H,4H2,1H3,(H,12,14). The highest BCUT2D eigenvalue weighted by Gasteiger charge is 2.12. The van der Waals surface area contributed by atoms with Gasteiger partial charge in [-0.15, -0.1) is 0 Å². The number of nitrogens with one attached hydrogen (secondary N) is 1. The molecule has 0 saturated heterocycles. The Kier molecular flexibility index (Phi) is 3.70. The van der Waals surface area contributed by atoms with Gasteiger partial charge in [-0.25, -0.2) is 8.42 Å². The molecule has 0 aliphatic carbocycles. The number of aromatic hydroxyl groups is 1. The first-order chi connectivity index (χ1) is 7.84. The minimum absolute atomic E-state index is 0.0254. The number of carbonyl (C=O) groups excluding carboxylic acids is 1. The minimum atomic E-state index is -3.42. The lowest BCUT2D eigenvalue weighted by atomic mass is 10.3. The van der Waals surface area contributed by atoms with Crippen LogP contribution in [0.2, 0.25) is 0 Å². The van der Waals surface area contributed by atoms with E-state index in [9.17, 15) is 18.3 Å². The molecule has 0 unspecified atom stereocenters. The predicted molar refractivity (Wildman–Crippen MR) is 60.1 cm³/mol. The number of rotatable bonds is 3. The summed E-state index contributed by atoms with van der Waals surface area (Å²) in [5.41, 5.74) is -0.0341. The zero-order chi connectivity index (χ0) is 13.1. The van der Waals surface area contributed by atoms with Gasteiger partial charge < -0.3 is 10.4 Å². The van der Waals surface area contributed by atoms with E-state index in [1.807, 2.05) is 0 Å². The van der Waals surface area contributed by atoms with Gasteiger partial charge in [-0.3, -0.25) is 4.79 Å². The van der Waals surface area contributed by atoms with Gasteiger partial charge in [0.1, 0.15) is 12.2 Å². The fourth-order valence-corrected chi connectivity index (χ4v) is 1.76. The molecule has 1 amide bonds. The van der Waals surface area contributed by atoms with E-state index < -0.39 is 15.7 Å². The van der Waals surface area contributed by atoms with E-state index in [-0.39, 0.29) is 22.8 Å². The zero-order valence-corrected chi connectivity index (χ0v) is 9.78. The Morgan fingerprint density at radius 2 is 2.18 bits per heavy atom. The Hall–Kier alpha value is -2.07. The summed E-state index contributed by atoms with van der Waals surface area (Å²) >= 11 is 0. The lowest BCUT2D eigenvalue weighted by Gasteiger charge is -2.07. The zero-order valence-electron chi connectivity index (χ0n) is 8.97. The Labute approximate surface area is 98.4 Å². The molecule has 17 heavy (non-hydrogen) atoms. The molecule has 0 bridgehead atoms. The van der Waals surface area contributed by atoms with Crippen LogP contribution in [-0.2, 0) is 14.6 Å². The fourth-order valence-electron chi connectivity index (χ4n) is 1.11. The summed E-state index contributed by atoms with van der Waals surface area (Å²) in [6.45, 7) is 0. The van der Waals surface area contributed by atoms with Crippen molar-refractivity contribution in [2.75, 3.05) is 11.6 Å². The first-order valence-corrected chi connectivity index (χ1v) is 6.43. The predicted octanol–water partition coefficient (Wildman–Crippen LogP) is 0.648. The number of phenolic OH excluding ortho intramolecular Hbond substituents is 1. The van der Waals surface area contributed by atoms with Crippen molar-refractivity contribution in [3.63, 3.8) is 0 Å². The molecule has 0 spiro atoms. The molecule has 1 rings (SSSR count). The Bertz CT molecular complexity index is 587. The van der Waals surface area contributed by atoms with E-state index in [1.165, 1.54) is 12.1 Å². The average Bonchev–Trinajstić information content (AvgIpc) is 2.20. The van der Waals surface area contributed by atoms with Crippen LogP contribution in [0.15, 0.2) is 23.1 Å². The second-order valence-electron chi connectivity index (χ2n) is 3.33. The lowest BCUT2D eigenvalue weighted by molar-refractivity contribution is -0.115. The number of nitriles is 1. The molecule has 1 aromatic rings. The maximum absolute atomic E-state index is 11.3. The third kappa shape index (κ3) is 3.46. The number of hydrogen-bond acceptors (Lipinski definition) is 5. The van der Waals surface area contributed by atoms with Crippen LogP contribution in [0.1, 0.15) is 6.42 Å². The van der Waals surface area contributed by atoms with E-state index in [0.29, 0.717) is 0 Å². The number of amides is 1. The molecule has 0 heterocycles. The van der Waals surface area contributed by atoms with Gasteiger partial charge in [-0.2, -0.15) is 5.26 Å². The summed E-state index contributed by atoms with van der Waals surface area (Å²) in [5.74, 6) is -0.878. The Morgan fingerprint density at radius 1 is 1.53 bits per heavy atom. The van der Waals surface area contributed by atoms with Crippen LogP contribution in [0.3, 0.4) is 0 Å². The number of benzene rings is 1. The van der Waals surface area contributed by atoms with Crippen molar-refractivity contribution in [1.29, 1.82) is 5.26 Å². The maximum Gasteiger partial charge on any atom is 0.238 e. The van der Waals surface area contributed by atoms with Crippen LogP contribution in [0.5, 0.6) is 5.75 Å². The third-order valence-corrected chi connectivity index (χ3v) is 3.02. The fraction of sp³-hybridized carbons (Fsp3) is 0.200. The molecule has 0 aliphatic heterocycles. The third-order valence-electron chi connectivity index (χ3n) is 1.91. The summed E-state index contributed by atoms with van der Waals surface area (Å²) < 4.78 is 22.5. The van der Waals surface area contributed by atoms with Crippen LogP contribution >= 0.6 is 0 Å². The normalized spacial score (nSPS) is 10.6. The monoisotopic (exact) mass is 254 g/mol. The van der Waals surface area contributed by atoms with Gasteiger partial charge in [-0.05, 0) is 18.2 Å². The molecule has 0 fully saturated rings. The van der Waals surface area contributed by atoms with E-state index in [1.54, 1.807) is 6.07 Å². The quantitative estimate of drug-likeness (QED) is 0.770. The molecule has 6 nitrogen and oxygen atoms in total. The van der Waals surface area contributed by atoms with Gasteiger partial charge in [0.05, 0.1) is 16.7 Å². The highest BCUT2D eigenvalue weighted by Crippen LogP contribution is 2.26. The first kappa shape index (κ1) is 13.0. The highest BCUT2D eigenvalue weighted by atomic mass is 32.2. The van der Waals surface area contributed by atoms with Crippen LogP contribution in [0, 0.1) is 11.3 Å². The number of carbonyl (C=O) groups is 1. The molecule has 0 atom stereocenters. The molecule has 0 saturated carbocycles. The molecule has 90 valence electrons. The van der Waals surface area contributed by atoms with E-state index >= 15 is 0 Å². The van der Waals surface area contributed by atoms with Crippen molar-refractivity contribution in [2.24, 2.45) is 0 Å². The maximum atomic E-state index is 11.3. The van der Waals surface area contributed by atoms with Gasteiger partial charge in [0.2, 0.25) is 5.91 Å². The van der Waals surface area contributed by atoms with Crippen molar-refractivity contribution >= 4 is 21.4 Å². The molecule has 0 aliphatic rings. The second-order valence-corrected chi connectivity index (χ2v) is 5.35. The number of nitrogens with zero attached hydrogens (tertiary/aromatic N) is 1. The summed E-state index contributed by atoms with van der Waals surface area (Å²) in [7, 11) is -3.42. The van der Waals surface area contributed by atoms with Gasteiger partial charge in [0.15, 0.2) is 9.84 Å². The molecule has 0 aromatic heterocycles. The smallest absolute Gasteiger partial charge is 0.238 e. The Balaban J connectivity index is 3.08. The summed E-state index contributed by atoms with van der Waals surface area (Å²) in [6.07, 6.45) is 0.642. The van der Waals surface area contributed by atoms with E-state index in [0.717, 1.165) is 12.3 Å². The summed E-state index contributed by atoms with van der Waals surface area (Å²) in [4.78, 5) is 11.1. The lowest BCUT2D eigenvalue weighted by Crippen LogP contribution is -2.11. The molecule has 7 heteroatoms. The summed E-state index contributed by atoms with van der Waals surface area (Å²) in [6, 6.07) is 5.17. The van der Waals surface area contributed by atoms with Gasteiger partial charge >= 0.3 is 0 Å². The summed E-state index contributed by atoms with van der Waals surface area (Å²) in [5, 5.41) is 20.0. The van der Waals surface area contributed by atoms with Crippen LogP contribution in [-0.4, -0.2) is 25.7 Å². The molecular formula is C10H10N2O4S. The number of hydrogen-bond donors (Lipinski definition) is 2. The molecule has 2 N–H and O–H groups in total.